The van der Waals surface area contributed by atoms with Gasteiger partial charge in [-0.1, -0.05) is 5.16 Å². The Labute approximate surface area is 143 Å². The first-order valence-corrected chi connectivity index (χ1v) is 8.08. The highest BCUT2D eigenvalue weighted by Crippen LogP contribution is 2.35. The third-order valence-corrected chi connectivity index (χ3v) is 3.96. The van der Waals surface area contributed by atoms with Gasteiger partial charge in [-0.25, -0.2) is 0 Å². The minimum absolute atomic E-state index is 0.0446. The molecule has 9 nitrogen and oxygen atoms in total. The highest BCUT2D eigenvalue weighted by molar-refractivity contribution is 5.76. The van der Waals surface area contributed by atoms with Crippen LogP contribution in [0.25, 0.3) is 11.5 Å². The van der Waals surface area contributed by atoms with E-state index in [0.29, 0.717) is 42.8 Å². The van der Waals surface area contributed by atoms with Crippen molar-refractivity contribution in [1.82, 2.24) is 20.8 Å². The van der Waals surface area contributed by atoms with E-state index in [1.54, 1.807) is 12.1 Å². The highest BCUT2D eigenvalue weighted by atomic mass is 16.7. The van der Waals surface area contributed by atoms with Crippen LogP contribution in [-0.2, 0) is 16.1 Å². The summed E-state index contributed by atoms with van der Waals surface area (Å²) in [6.45, 7) is 2.41. The standard InChI is InChI=1S/C16H18N4O5/c21-15(6-11-8-22-4-3-17-11)18-7-14-19-16(25-20-14)10-1-2-12-13(5-10)24-9-23-12/h1-2,5,11,17H,3-4,6-9H2,(H,18,21). The third-order valence-electron chi connectivity index (χ3n) is 3.96. The third kappa shape index (κ3) is 3.72. The van der Waals surface area contributed by atoms with E-state index in [9.17, 15) is 4.79 Å². The quantitative estimate of drug-likeness (QED) is 0.804. The van der Waals surface area contributed by atoms with Gasteiger partial charge in [-0.3, -0.25) is 4.79 Å². The lowest BCUT2D eigenvalue weighted by Gasteiger charge is -2.23. The zero-order valence-electron chi connectivity index (χ0n) is 13.5. The Morgan fingerprint density at radius 3 is 3.12 bits per heavy atom. The Kier molecular flexibility index (Phi) is 4.49. The van der Waals surface area contributed by atoms with E-state index in [1.165, 1.54) is 0 Å². The van der Waals surface area contributed by atoms with Crippen LogP contribution in [0.4, 0.5) is 0 Å². The maximum Gasteiger partial charge on any atom is 0.258 e. The Hall–Kier alpha value is -2.65. The molecule has 1 saturated heterocycles. The van der Waals surface area contributed by atoms with Crippen LogP contribution in [0.5, 0.6) is 11.5 Å². The fourth-order valence-corrected chi connectivity index (χ4v) is 2.70. The monoisotopic (exact) mass is 346 g/mol. The number of ether oxygens (including phenoxy) is 3. The number of carbonyl (C=O) groups excluding carboxylic acids is 1. The number of benzene rings is 1. The van der Waals surface area contributed by atoms with Crippen LogP contribution in [0.1, 0.15) is 12.2 Å². The van der Waals surface area contributed by atoms with E-state index >= 15 is 0 Å². The van der Waals surface area contributed by atoms with E-state index in [2.05, 4.69) is 20.8 Å². The van der Waals surface area contributed by atoms with Gasteiger partial charge < -0.3 is 29.4 Å². The molecule has 0 spiro atoms. The van der Waals surface area contributed by atoms with Crippen molar-refractivity contribution in [2.45, 2.75) is 19.0 Å². The number of amides is 1. The van der Waals surface area contributed by atoms with Crippen molar-refractivity contribution in [3.05, 3.63) is 24.0 Å². The Morgan fingerprint density at radius 2 is 2.24 bits per heavy atom. The minimum Gasteiger partial charge on any atom is -0.454 e. The molecule has 1 unspecified atom stereocenters. The Morgan fingerprint density at radius 1 is 1.32 bits per heavy atom. The predicted molar refractivity (Wildman–Crippen MR) is 84.9 cm³/mol. The summed E-state index contributed by atoms with van der Waals surface area (Å²) in [5, 5.41) is 9.92. The smallest absolute Gasteiger partial charge is 0.258 e. The molecule has 9 heteroatoms. The second-order valence-electron chi connectivity index (χ2n) is 5.79. The summed E-state index contributed by atoms with van der Waals surface area (Å²) in [7, 11) is 0. The SMILES string of the molecule is O=C(CC1COCCN1)NCc1noc(-c2ccc3c(c2)OCO3)n1. The lowest BCUT2D eigenvalue weighted by atomic mass is 10.2. The van der Waals surface area contributed by atoms with E-state index in [0.717, 1.165) is 12.1 Å². The Bertz CT molecular complexity index is 757. The zero-order valence-corrected chi connectivity index (χ0v) is 13.5. The summed E-state index contributed by atoms with van der Waals surface area (Å²) in [5.74, 6) is 2.03. The first-order chi connectivity index (χ1) is 12.3. The maximum atomic E-state index is 12.0. The average molecular weight is 346 g/mol. The van der Waals surface area contributed by atoms with Crippen LogP contribution >= 0.6 is 0 Å². The predicted octanol–water partition coefficient (Wildman–Crippen LogP) is 0.460. The summed E-state index contributed by atoms with van der Waals surface area (Å²) in [5.41, 5.74) is 0.734. The van der Waals surface area contributed by atoms with Gasteiger partial charge in [0.05, 0.1) is 19.8 Å². The molecule has 1 aromatic heterocycles. The number of rotatable bonds is 5. The van der Waals surface area contributed by atoms with Crippen molar-refractivity contribution in [2.24, 2.45) is 0 Å². The molecule has 2 aliphatic rings. The maximum absolute atomic E-state index is 12.0. The molecule has 2 N–H and O–H groups in total. The van der Waals surface area contributed by atoms with Gasteiger partial charge in [-0.2, -0.15) is 4.98 Å². The molecule has 132 valence electrons. The fourth-order valence-electron chi connectivity index (χ4n) is 2.70. The summed E-state index contributed by atoms with van der Waals surface area (Å²) >= 11 is 0. The number of carbonyl (C=O) groups is 1. The molecule has 2 aromatic rings. The van der Waals surface area contributed by atoms with Crippen LogP contribution in [0.15, 0.2) is 22.7 Å². The van der Waals surface area contributed by atoms with Crippen LogP contribution in [0, 0.1) is 0 Å². The molecule has 1 amide bonds. The van der Waals surface area contributed by atoms with Gasteiger partial charge in [0.1, 0.15) is 0 Å². The zero-order chi connectivity index (χ0) is 17.1. The van der Waals surface area contributed by atoms with Gasteiger partial charge in [0.15, 0.2) is 17.3 Å². The molecule has 2 aliphatic heterocycles. The number of morpholine rings is 1. The van der Waals surface area contributed by atoms with Crippen molar-refractivity contribution < 1.29 is 23.5 Å². The molecule has 0 radical (unpaired) electrons. The lowest BCUT2D eigenvalue weighted by Crippen LogP contribution is -2.44. The lowest BCUT2D eigenvalue weighted by molar-refractivity contribution is -0.122. The van der Waals surface area contributed by atoms with Crippen LogP contribution in [-0.4, -0.2) is 48.6 Å². The summed E-state index contributed by atoms with van der Waals surface area (Å²) in [6.07, 6.45) is 0.354. The topological polar surface area (TPSA) is 108 Å². The first-order valence-electron chi connectivity index (χ1n) is 8.08. The van der Waals surface area contributed by atoms with Gasteiger partial charge in [-0.15, -0.1) is 0 Å². The molecule has 1 aromatic carbocycles. The second kappa shape index (κ2) is 7.08. The number of fused-ring (bicyclic) bond motifs is 1. The van der Waals surface area contributed by atoms with Crippen molar-refractivity contribution in [3.63, 3.8) is 0 Å². The van der Waals surface area contributed by atoms with E-state index in [-0.39, 0.29) is 25.3 Å². The summed E-state index contributed by atoms with van der Waals surface area (Å²) in [4.78, 5) is 16.3. The van der Waals surface area contributed by atoms with Crippen LogP contribution in [0.2, 0.25) is 0 Å². The van der Waals surface area contributed by atoms with E-state index < -0.39 is 0 Å². The molecule has 25 heavy (non-hydrogen) atoms. The second-order valence-corrected chi connectivity index (χ2v) is 5.79. The van der Waals surface area contributed by atoms with Crippen molar-refractivity contribution >= 4 is 5.91 Å². The molecule has 4 rings (SSSR count). The fraction of sp³-hybridized carbons (Fsp3) is 0.438. The van der Waals surface area contributed by atoms with Crippen molar-refractivity contribution in [3.8, 4) is 23.0 Å². The Balaban J connectivity index is 1.33. The number of hydrogen-bond acceptors (Lipinski definition) is 8. The van der Waals surface area contributed by atoms with Crippen LogP contribution in [0.3, 0.4) is 0 Å². The normalized spacial score (nSPS) is 19.0. The van der Waals surface area contributed by atoms with Crippen LogP contribution < -0.4 is 20.1 Å². The number of nitrogens with one attached hydrogen (secondary N) is 2. The van der Waals surface area contributed by atoms with E-state index in [4.69, 9.17) is 18.7 Å². The molecule has 0 aliphatic carbocycles. The largest absolute Gasteiger partial charge is 0.454 e. The molecule has 3 heterocycles. The summed E-state index contributed by atoms with van der Waals surface area (Å²) in [6, 6.07) is 5.44. The number of hydrogen-bond donors (Lipinski definition) is 2. The van der Waals surface area contributed by atoms with E-state index in [1.807, 2.05) is 6.07 Å². The van der Waals surface area contributed by atoms with Crippen molar-refractivity contribution in [2.75, 3.05) is 26.6 Å². The molecular weight excluding hydrogens is 328 g/mol. The number of aromatic nitrogens is 2. The van der Waals surface area contributed by atoms with Gasteiger partial charge >= 0.3 is 0 Å². The average Bonchev–Trinajstić information content (AvgIpc) is 3.29. The molecular formula is C16H18N4O5. The van der Waals surface area contributed by atoms with Gasteiger partial charge in [0, 0.05) is 24.6 Å². The molecule has 0 saturated carbocycles. The highest BCUT2D eigenvalue weighted by Gasteiger charge is 2.19. The van der Waals surface area contributed by atoms with Crippen molar-refractivity contribution in [1.29, 1.82) is 0 Å². The molecule has 1 atom stereocenters. The minimum atomic E-state index is -0.0857. The number of nitrogens with zero attached hydrogens (tertiary/aromatic N) is 2. The van der Waals surface area contributed by atoms with Gasteiger partial charge in [0.25, 0.3) is 5.89 Å². The summed E-state index contributed by atoms with van der Waals surface area (Å²) < 4.78 is 21.2. The molecule has 0 bridgehead atoms. The first kappa shape index (κ1) is 15.9. The van der Waals surface area contributed by atoms with Gasteiger partial charge in [-0.05, 0) is 18.2 Å². The van der Waals surface area contributed by atoms with Gasteiger partial charge in [0.2, 0.25) is 12.7 Å². The molecule has 1 fully saturated rings.